The molecule has 0 aliphatic rings. The van der Waals surface area contributed by atoms with Gasteiger partial charge >= 0.3 is 5.97 Å². The molecule has 33 heavy (non-hydrogen) atoms. The van der Waals surface area contributed by atoms with Crippen molar-refractivity contribution in [1.29, 1.82) is 0 Å². The van der Waals surface area contributed by atoms with Gasteiger partial charge in [0.25, 0.3) is 0 Å². The summed E-state index contributed by atoms with van der Waals surface area (Å²) in [5.74, 6) is -0.192. The Morgan fingerprint density at radius 2 is 1.03 bits per heavy atom. The van der Waals surface area contributed by atoms with E-state index in [-0.39, 0.29) is 0 Å². The van der Waals surface area contributed by atoms with Crippen molar-refractivity contribution in [2.45, 2.75) is 122 Å². The van der Waals surface area contributed by atoms with Gasteiger partial charge in [-0.05, 0) is 18.8 Å². The van der Waals surface area contributed by atoms with Crippen LogP contribution in [0.4, 0.5) is 0 Å². The van der Waals surface area contributed by atoms with Gasteiger partial charge < -0.3 is 30.3 Å². The minimum atomic E-state index is -1.67. The minimum absolute atomic E-state index is 0.364. The van der Waals surface area contributed by atoms with Crippen molar-refractivity contribution in [3.63, 3.8) is 0 Å². The molecule has 0 saturated carbocycles. The van der Waals surface area contributed by atoms with Gasteiger partial charge in [-0.3, -0.25) is 0 Å². The highest BCUT2D eigenvalue weighted by atomic mass is 16.6. The van der Waals surface area contributed by atoms with Crippen molar-refractivity contribution in [3.8, 4) is 0 Å². The maximum atomic E-state index is 11.9. The smallest absolute Gasteiger partial charge is 0.337 e. The molecule has 2 unspecified atom stereocenters. The largest absolute Gasteiger partial charge is 0.460 e. The van der Waals surface area contributed by atoms with Crippen LogP contribution in [0.15, 0.2) is 0 Å². The average Bonchev–Trinajstić information content (AvgIpc) is 2.81. The van der Waals surface area contributed by atoms with Crippen LogP contribution in [0.25, 0.3) is 0 Å². The third kappa shape index (κ3) is 15.0. The highest BCUT2D eigenvalue weighted by Crippen LogP contribution is 2.28. The van der Waals surface area contributed by atoms with Gasteiger partial charge in [0.15, 0.2) is 6.10 Å². The van der Waals surface area contributed by atoms with Crippen LogP contribution in [0.2, 0.25) is 0 Å². The number of esters is 1. The highest BCUT2D eigenvalue weighted by molar-refractivity contribution is 5.74. The second-order valence-corrected chi connectivity index (χ2v) is 10.0. The molecule has 2 atom stereocenters. The molecule has 0 rings (SSSR count). The van der Waals surface area contributed by atoms with Gasteiger partial charge in [0.05, 0.1) is 31.8 Å². The molecule has 0 aliphatic heterocycles. The predicted molar refractivity (Wildman–Crippen MR) is 131 cm³/mol. The van der Waals surface area contributed by atoms with Crippen LogP contribution in [-0.4, -0.2) is 70.1 Å². The first-order valence-electron chi connectivity index (χ1n) is 13.2. The monoisotopic (exact) mass is 476 g/mol. The molecule has 0 spiro atoms. The van der Waals surface area contributed by atoms with Crippen LogP contribution in [0.5, 0.6) is 0 Å². The molecule has 0 aromatic carbocycles. The predicted octanol–water partition coefficient (Wildman–Crippen LogP) is 3.72. The summed E-state index contributed by atoms with van der Waals surface area (Å²) < 4.78 is 5.24. The Kier molecular flexibility index (Phi) is 20.2. The van der Waals surface area contributed by atoms with Crippen LogP contribution in [0.3, 0.4) is 0 Å². The van der Waals surface area contributed by atoms with E-state index in [1.54, 1.807) is 0 Å². The topological polar surface area (TPSA) is 127 Å². The lowest BCUT2D eigenvalue weighted by atomic mass is 9.81. The maximum Gasteiger partial charge on any atom is 0.337 e. The molecule has 7 heteroatoms. The third-order valence-electron chi connectivity index (χ3n) is 6.58. The summed E-state index contributed by atoms with van der Waals surface area (Å²) in [4.78, 5) is 11.9. The molecule has 0 amide bonds. The van der Waals surface area contributed by atoms with Crippen LogP contribution in [-0.2, 0) is 9.53 Å². The fourth-order valence-electron chi connectivity index (χ4n) is 4.07. The lowest BCUT2D eigenvalue weighted by molar-refractivity contribution is -0.177. The van der Waals surface area contributed by atoms with Crippen LogP contribution < -0.4 is 0 Å². The molecular formula is C26H52O7. The molecule has 0 aromatic rings. The van der Waals surface area contributed by atoms with Crippen LogP contribution in [0, 0.1) is 11.3 Å². The molecule has 0 radical (unpaired) electrons. The zero-order valence-corrected chi connectivity index (χ0v) is 21.2. The standard InChI is InChI=1S/C26H52O7/c1-22(2)16-14-12-10-8-6-4-3-5-7-9-11-13-15-17-24(26(19-28,20-29)21-30)33-25(32)23(31)18-27/h22-24,27-31H,3-21H2,1-2H3. The Labute approximate surface area is 201 Å². The minimum Gasteiger partial charge on any atom is -0.460 e. The molecular weight excluding hydrogens is 424 g/mol. The summed E-state index contributed by atoms with van der Waals surface area (Å²) in [6.45, 7) is 2.16. The highest BCUT2D eigenvalue weighted by Gasteiger charge is 2.40. The van der Waals surface area contributed by atoms with Crippen molar-refractivity contribution in [2.75, 3.05) is 26.4 Å². The Morgan fingerprint density at radius 3 is 1.36 bits per heavy atom. The summed E-state index contributed by atoms with van der Waals surface area (Å²) in [5.41, 5.74) is -1.38. The number of aliphatic hydroxyl groups is 5. The molecule has 0 aliphatic carbocycles. The van der Waals surface area contributed by atoms with E-state index in [1.807, 2.05) is 0 Å². The van der Waals surface area contributed by atoms with Gasteiger partial charge in [-0.2, -0.15) is 0 Å². The van der Waals surface area contributed by atoms with Crippen LogP contribution in [0.1, 0.15) is 110 Å². The molecule has 5 N–H and O–H groups in total. The zero-order chi connectivity index (χ0) is 25.0. The molecule has 0 bridgehead atoms. The number of carbonyl (C=O) groups excluding carboxylic acids is 1. The summed E-state index contributed by atoms with van der Waals surface area (Å²) in [5, 5.41) is 47.4. The third-order valence-corrected chi connectivity index (χ3v) is 6.58. The first kappa shape index (κ1) is 32.3. The second kappa shape index (κ2) is 20.6. The molecule has 7 nitrogen and oxygen atoms in total. The Bertz CT molecular complexity index is 444. The first-order chi connectivity index (χ1) is 15.9. The van der Waals surface area contributed by atoms with Gasteiger partial charge in [0.2, 0.25) is 0 Å². The van der Waals surface area contributed by atoms with E-state index in [0.717, 1.165) is 25.2 Å². The number of rotatable bonds is 23. The second-order valence-electron chi connectivity index (χ2n) is 10.0. The number of aliphatic hydroxyl groups excluding tert-OH is 5. The summed E-state index contributed by atoms with van der Waals surface area (Å²) in [7, 11) is 0. The zero-order valence-electron chi connectivity index (χ0n) is 21.2. The number of ether oxygens (including phenoxy) is 1. The van der Waals surface area contributed by atoms with Crippen LogP contribution >= 0.6 is 0 Å². The lowest BCUT2D eigenvalue weighted by Crippen LogP contribution is -2.48. The molecule has 0 fully saturated rings. The summed E-state index contributed by atoms with van der Waals surface area (Å²) in [6, 6.07) is 0. The fraction of sp³-hybridized carbons (Fsp3) is 0.962. The SMILES string of the molecule is CC(C)CCCCCCCCCCCCCCCC(OC(=O)C(O)CO)C(CO)(CO)CO. The Morgan fingerprint density at radius 1 is 0.667 bits per heavy atom. The van der Waals surface area contributed by atoms with E-state index >= 15 is 0 Å². The maximum absolute atomic E-state index is 11.9. The Hall–Kier alpha value is -0.730. The van der Waals surface area contributed by atoms with Crippen molar-refractivity contribution in [3.05, 3.63) is 0 Å². The lowest BCUT2D eigenvalue weighted by Gasteiger charge is -2.36. The summed E-state index contributed by atoms with van der Waals surface area (Å²) in [6.07, 6.45) is 14.8. The number of hydrogen-bond donors (Lipinski definition) is 5. The Balaban J connectivity index is 3.96. The van der Waals surface area contributed by atoms with Crippen molar-refractivity contribution in [2.24, 2.45) is 11.3 Å². The van der Waals surface area contributed by atoms with Gasteiger partial charge in [0, 0.05) is 0 Å². The van der Waals surface area contributed by atoms with E-state index in [2.05, 4.69) is 13.8 Å². The van der Waals surface area contributed by atoms with Crippen molar-refractivity contribution in [1.82, 2.24) is 0 Å². The molecule has 198 valence electrons. The van der Waals surface area contributed by atoms with Gasteiger partial charge in [-0.25, -0.2) is 4.79 Å². The van der Waals surface area contributed by atoms with Gasteiger partial charge in [-0.15, -0.1) is 0 Å². The number of carbonyl (C=O) groups is 1. The van der Waals surface area contributed by atoms with Crippen molar-refractivity contribution >= 4 is 5.97 Å². The molecule has 0 heterocycles. The van der Waals surface area contributed by atoms with E-state index in [9.17, 15) is 25.2 Å². The van der Waals surface area contributed by atoms with E-state index in [0.29, 0.717) is 12.8 Å². The number of hydrogen-bond acceptors (Lipinski definition) is 7. The molecule has 0 saturated heterocycles. The van der Waals surface area contributed by atoms with E-state index < -0.39 is 50.0 Å². The molecule has 0 aromatic heterocycles. The summed E-state index contributed by atoms with van der Waals surface area (Å²) >= 11 is 0. The van der Waals surface area contributed by atoms with Crippen molar-refractivity contribution < 1.29 is 35.1 Å². The number of unbranched alkanes of at least 4 members (excludes halogenated alkanes) is 12. The quantitative estimate of drug-likeness (QED) is 0.112. The van der Waals surface area contributed by atoms with E-state index in [1.165, 1.54) is 64.2 Å². The average molecular weight is 477 g/mol. The fourth-order valence-corrected chi connectivity index (χ4v) is 4.07. The van der Waals surface area contributed by atoms with Gasteiger partial charge in [0.1, 0.15) is 6.10 Å². The van der Waals surface area contributed by atoms with Gasteiger partial charge in [-0.1, -0.05) is 97.3 Å². The first-order valence-corrected chi connectivity index (χ1v) is 13.2. The van der Waals surface area contributed by atoms with E-state index in [4.69, 9.17) is 9.84 Å². The normalized spacial score (nSPS) is 13.9.